The van der Waals surface area contributed by atoms with Gasteiger partial charge in [-0.2, -0.15) is 5.10 Å². The smallest absolute Gasteiger partial charge is 0.267 e. The molecular formula is C8H13N3O2. The van der Waals surface area contributed by atoms with Gasteiger partial charge in [-0.25, -0.2) is 9.48 Å². The van der Waals surface area contributed by atoms with E-state index in [9.17, 15) is 9.59 Å². The summed E-state index contributed by atoms with van der Waals surface area (Å²) in [6.45, 7) is 4.68. The van der Waals surface area contributed by atoms with E-state index in [1.807, 2.05) is 13.8 Å². The van der Waals surface area contributed by atoms with Crippen LogP contribution in [-0.2, 0) is 13.1 Å². The van der Waals surface area contributed by atoms with E-state index in [4.69, 9.17) is 0 Å². The van der Waals surface area contributed by atoms with Crippen LogP contribution in [0.25, 0.3) is 0 Å². The van der Waals surface area contributed by atoms with Crippen LogP contribution < -0.4 is 11.2 Å². The van der Waals surface area contributed by atoms with Gasteiger partial charge < -0.3 is 0 Å². The van der Waals surface area contributed by atoms with E-state index in [0.29, 0.717) is 13.1 Å². The van der Waals surface area contributed by atoms with Crippen LogP contribution in [-0.4, -0.2) is 14.3 Å². The van der Waals surface area contributed by atoms with E-state index >= 15 is 0 Å². The van der Waals surface area contributed by atoms with Crippen molar-refractivity contribution in [3.8, 4) is 0 Å². The van der Waals surface area contributed by atoms with Crippen molar-refractivity contribution in [2.45, 2.75) is 33.4 Å². The van der Waals surface area contributed by atoms with E-state index < -0.39 is 0 Å². The maximum absolute atomic E-state index is 11.5. The molecule has 0 unspecified atom stereocenters. The first-order valence-corrected chi connectivity index (χ1v) is 4.37. The molecule has 5 nitrogen and oxygen atoms in total. The summed E-state index contributed by atoms with van der Waals surface area (Å²) in [4.78, 5) is 22.7. The van der Waals surface area contributed by atoms with Crippen molar-refractivity contribution < 1.29 is 0 Å². The normalized spacial score (nSPS) is 10.3. The van der Waals surface area contributed by atoms with Gasteiger partial charge in [-0.15, -0.1) is 0 Å². The summed E-state index contributed by atoms with van der Waals surface area (Å²) in [5, 5.41) is 3.71. The number of hydrogen-bond acceptors (Lipinski definition) is 3. The largest absolute Gasteiger partial charge is 0.347 e. The standard InChI is InChI=1S/C8H13N3O2/c1-3-5-10-7(12)6-9-11(4-2)8(10)13/h6H,3-5H2,1-2H3. The van der Waals surface area contributed by atoms with Gasteiger partial charge >= 0.3 is 5.69 Å². The Bertz CT molecular complexity index is 391. The minimum Gasteiger partial charge on any atom is -0.267 e. The van der Waals surface area contributed by atoms with E-state index in [1.165, 1.54) is 15.4 Å². The van der Waals surface area contributed by atoms with Gasteiger partial charge in [0.05, 0.1) is 0 Å². The lowest BCUT2D eigenvalue weighted by Crippen LogP contribution is -2.40. The lowest BCUT2D eigenvalue weighted by Gasteiger charge is -2.04. The summed E-state index contributed by atoms with van der Waals surface area (Å²) in [6, 6.07) is 0. The molecule has 1 heterocycles. The average molecular weight is 183 g/mol. The third kappa shape index (κ3) is 1.85. The van der Waals surface area contributed by atoms with Crippen molar-refractivity contribution >= 4 is 0 Å². The maximum atomic E-state index is 11.5. The molecule has 0 aliphatic heterocycles. The molecule has 0 aromatic carbocycles. The minimum atomic E-state index is -0.323. The second-order valence-corrected chi connectivity index (χ2v) is 2.73. The topological polar surface area (TPSA) is 56.9 Å². The molecule has 1 aromatic rings. The van der Waals surface area contributed by atoms with Crippen LogP contribution in [0.2, 0.25) is 0 Å². The zero-order valence-corrected chi connectivity index (χ0v) is 7.86. The highest BCUT2D eigenvalue weighted by Crippen LogP contribution is 1.79. The molecule has 72 valence electrons. The van der Waals surface area contributed by atoms with Crippen LogP contribution in [0.5, 0.6) is 0 Å². The summed E-state index contributed by atoms with van der Waals surface area (Å²) >= 11 is 0. The molecule has 1 rings (SSSR count). The molecule has 0 spiro atoms. The highest BCUT2D eigenvalue weighted by molar-refractivity contribution is 4.75. The Kier molecular flexibility index (Phi) is 3.00. The van der Waals surface area contributed by atoms with E-state index in [2.05, 4.69) is 5.10 Å². The van der Waals surface area contributed by atoms with Gasteiger partial charge in [0.1, 0.15) is 6.20 Å². The van der Waals surface area contributed by atoms with Gasteiger partial charge in [0.25, 0.3) is 5.56 Å². The van der Waals surface area contributed by atoms with Crippen molar-refractivity contribution in [1.29, 1.82) is 0 Å². The molecule has 0 saturated heterocycles. The summed E-state index contributed by atoms with van der Waals surface area (Å²) in [5.74, 6) is 0. The first-order valence-electron chi connectivity index (χ1n) is 4.37. The predicted octanol–water partition coefficient (Wildman–Crippen LogP) is -0.165. The number of rotatable bonds is 3. The Morgan fingerprint density at radius 1 is 1.38 bits per heavy atom. The van der Waals surface area contributed by atoms with Gasteiger partial charge in [-0.05, 0) is 13.3 Å². The fraction of sp³-hybridized carbons (Fsp3) is 0.625. The van der Waals surface area contributed by atoms with Crippen LogP contribution in [0.3, 0.4) is 0 Å². The first kappa shape index (κ1) is 9.70. The monoisotopic (exact) mass is 183 g/mol. The fourth-order valence-corrected chi connectivity index (χ4v) is 1.12. The zero-order valence-electron chi connectivity index (χ0n) is 7.86. The first-order chi connectivity index (χ1) is 6.20. The molecule has 0 N–H and O–H groups in total. The van der Waals surface area contributed by atoms with Crippen molar-refractivity contribution in [2.75, 3.05) is 0 Å². The summed E-state index contributed by atoms with van der Waals surface area (Å²) in [6.07, 6.45) is 1.95. The fourth-order valence-electron chi connectivity index (χ4n) is 1.12. The Balaban J connectivity index is 3.31. The third-order valence-electron chi connectivity index (χ3n) is 1.77. The molecule has 1 aromatic heterocycles. The lowest BCUT2D eigenvalue weighted by atomic mass is 10.5. The van der Waals surface area contributed by atoms with Crippen LogP contribution in [0, 0.1) is 0 Å². The summed E-state index contributed by atoms with van der Waals surface area (Å²) < 4.78 is 2.48. The van der Waals surface area contributed by atoms with Crippen LogP contribution in [0.1, 0.15) is 20.3 Å². The van der Waals surface area contributed by atoms with Gasteiger partial charge in [0, 0.05) is 13.1 Å². The average Bonchev–Trinajstić information content (AvgIpc) is 2.12. The van der Waals surface area contributed by atoms with Crippen molar-refractivity contribution in [2.24, 2.45) is 0 Å². The van der Waals surface area contributed by atoms with Crippen molar-refractivity contribution in [3.05, 3.63) is 27.0 Å². The quantitative estimate of drug-likeness (QED) is 0.654. The molecule has 0 fully saturated rings. The number of nitrogens with zero attached hydrogens (tertiary/aromatic N) is 3. The Hall–Kier alpha value is -1.39. The van der Waals surface area contributed by atoms with Gasteiger partial charge in [0.15, 0.2) is 0 Å². The SMILES string of the molecule is CCCn1c(=O)cnn(CC)c1=O. The minimum absolute atomic E-state index is 0.322. The molecule has 5 heteroatoms. The zero-order chi connectivity index (χ0) is 9.84. The molecule has 0 amide bonds. The molecule has 0 aliphatic carbocycles. The Morgan fingerprint density at radius 3 is 2.62 bits per heavy atom. The highest BCUT2D eigenvalue weighted by Gasteiger charge is 2.02. The second kappa shape index (κ2) is 4.02. The number of aryl methyl sites for hydroxylation is 1. The Labute approximate surface area is 75.6 Å². The van der Waals surface area contributed by atoms with Crippen molar-refractivity contribution in [3.63, 3.8) is 0 Å². The molecule has 0 saturated carbocycles. The maximum Gasteiger partial charge on any atom is 0.347 e. The molecule has 0 aliphatic rings. The molecule has 0 atom stereocenters. The molecule has 0 radical (unpaired) electrons. The van der Waals surface area contributed by atoms with Gasteiger partial charge in [-0.1, -0.05) is 6.92 Å². The van der Waals surface area contributed by atoms with Gasteiger partial charge in [-0.3, -0.25) is 9.36 Å². The third-order valence-corrected chi connectivity index (χ3v) is 1.77. The second-order valence-electron chi connectivity index (χ2n) is 2.73. The number of aromatic nitrogens is 3. The van der Waals surface area contributed by atoms with Crippen LogP contribution in [0.15, 0.2) is 15.8 Å². The van der Waals surface area contributed by atoms with Crippen molar-refractivity contribution in [1.82, 2.24) is 14.3 Å². The highest BCUT2D eigenvalue weighted by atomic mass is 16.2. The molecule has 0 bridgehead atoms. The van der Waals surface area contributed by atoms with Gasteiger partial charge in [0.2, 0.25) is 0 Å². The lowest BCUT2D eigenvalue weighted by molar-refractivity contribution is 0.505. The number of hydrogen-bond donors (Lipinski definition) is 0. The predicted molar refractivity (Wildman–Crippen MR) is 48.7 cm³/mol. The van der Waals surface area contributed by atoms with E-state index in [0.717, 1.165) is 6.42 Å². The molecule has 13 heavy (non-hydrogen) atoms. The molecular weight excluding hydrogens is 170 g/mol. The van der Waals surface area contributed by atoms with E-state index in [-0.39, 0.29) is 11.2 Å². The summed E-state index contributed by atoms with van der Waals surface area (Å²) in [5.41, 5.74) is -0.645. The van der Waals surface area contributed by atoms with E-state index in [1.54, 1.807) is 0 Å². The summed E-state index contributed by atoms with van der Waals surface area (Å²) in [7, 11) is 0. The Morgan fingerprint density at radius 2 is 2.08 bits per heavy atom. The van der Waals surface area contributed by atoms with Crippen LogP contribution >= 0.6 is 0 Å². The van der Waals surface area contributed by atoms with Crippen LogP contribution in [0.4, 0.5) is 0 Å².